The predicted octanol–water partition coefficient (Wildman–Crippen LogP) is 2.42. The van der Waals surface area contributed by atoms with Crippen molar-refractivity contribution in [2.75, 3.05) is 31.7 Å². The molecule has 0 atom stereocenters. The number of aliphatic hydroxyl groups excluding tert-OH is 1. The van der Waals surface area contributed by atoms with E-state index in [2.05, 4.69) is 10.3 Å². The van der Waals surface area contributed by atoms with Crippen molar-refractivity contribution in [1.82, 2.24) is 14.3 Å². The zero-order valence-electron chi connectivity index (χ0n) is 17.8. The zero-order valence-corrected chi connectivity index (χ0v) is 19.4. The topological polar surface area (TPSA) is 109 Å². The summed E-state index contributed by atoms with van der Waals surface area (Å²) in [5.41, 5.74) is 1.32. The van der Waals surface area contributed by atoms with Gasteiger partial charge in [-0.3, -0.25) is 18.9 Å². The molecule has 0 aromatic carbocycles. The molecule has 33 heavy (non-hydrogen) atoms. The maximum absolute atomic E-state index is 13.3. The van der Waals surface area contributed by atoms with E-state index < -0.39 is 0 Å². The van der Waals surface area contributed by atoms with Crippen LogP contribution in [-0.4, -0.2) is 56.0 Å². The summed E-state index contributed by atoms with van der Waals surface area (Å²) in [4.78, 5) is 32.7. The van der Waals surface area contributed by atoms with E-state index in [4.69, 9.17) is 26.5 Å². The molecule has 0 spiro atoms. The molecule has 0 unspecified atom stereocenters. The Morgan fingerprint density at radius 2 is 2.15 bits per heavy atom. The maximum atomic E-state index is 13.3. The summed E-state index contributed by atoms with van der Waals surface area (Å²) < 4.78 is 12.5. The standard InChI is InChI=1S/C22H22N4O5S2/c1-14-4-5-18-24-19(23-6-9-30-10-7-27)16(20(28)25(18)12-14)11-17-21(29)26(22(32)33-17)13-15-3-2-8-31-15/h2-5,8,11-12,23,27H,6-7,9-10,13H2,1H3/b17-11-. The second-order valence-electron chi connectivity index (χ2n) is 7.22. The lowest BCUT2D eigenvalue weighted by atomic mass is 10.2. The minimum absolute atomic E-state index is 0.0694. The molecule has 0 bridgehead atoms. The summed E-state index contributed by atoms with van der Waals surface area (Å²) in [5, 5.41) is 12.0. The van der Waals surface area contributed by atoms with Crippen LogP contribution in [0.15, 0.2) is 50.8 Å². The first-order valence-electron chi connectivity index (χ1n) is 10.2. The van der Waals surface area contributed by atoms with E-state index in [1.165, 1.54) is 21.6 Å². The van der Waals surface area contributed by atoms with Gasteiger partial charge in [0.25, 0.3) is 11.5 Å². The first-order valence-corrected chi connectivity index (χ1v) is 11.4. The highest BCUT2D eigenvalue weighted by molar-refractivity contribution is 8.26. The number of hydrogen-bond donors (Lipinski definition) is 2. The van der Waals surface area contributed by atoms with Gasteiger partial charge < -0.3 is 19.6 Å². The van der Waals surface area contributed by atoms with Crippen molar-refractivity contribution < 1.29 is 19.1 Å². The van der Waals surface area contributed by atoms with Crippen LogP contribution in [0.4, 0.5) is 5.82 Å². The number of carbonyl (C=O) groups excluding carboxylic acids is 1. The molecular weight excluding hydrogens is 464 g/mol. The largest absolute Gasteiger partial charge is 0.467 e. The lowest BCUT2D eigenvalue weighted by molar-refractivity contribution is -0.122. The number of carbonyl (C=O) groups is 1. The minimum atomic E-state index is -0.307. The summed E-state index contributed by atoms with van der Waals surface area (Å²) in [6, 6.07) is 7.14. The highest BCUT2D eigenvalue weighted by atomic mass is 32.2. The number of hydrogen-bond acceptors (Lipinski definition) is 9. The van der Waals surface area contributed by atoms with Crippen LogP contribution < -0.4 is 10.9 Å². The van der Waals surface area contributed by atoms with Crippen molar-refractivity contribution in [3.63, 3.8) is 0 Å². The summed E-state index contributed by atoms with van der Waals surface area (Å²) in [7, 11) is 0. The lowest BCUT2D eigenvalue weighted by Gasteiger charge is -2.12. The van der Waals surface area contributed by atoms with Gasteiger partial charge in [-0.2, -0.15) is 0 Å². The molecule has 1 saturated heterocycles. The fraction of sp³-hybridized carbons (Fsp3) is 0.273. The van der Waals surface area contributed by atoms with E-state index in [1.54, 1.807) is 24.4 Å². The molecule has 2 N–H and O–H groups in total. The van der Waals surface area contributed by atoms with Crippen LogP contribution in [0.2, 0.25) is 0 Å². The zero-order chi connectivity index (χ0) is 23.4. The molecule has 0 radical (unpaired) electrons. The molecule has 0 aliphatic carbocycles. The maximum Gasteiger partial charge on any atom is 0.267 e. The number of ether oxygens (including phenoxy) is 1. The highest BCUT2D eigenvalue weighted by Crippen LogP contribution is 2.34. The van der Waals surface area contributed by atoms with Gasteiger partial charge in [0.2, 0.25) is 0 Å². The summed E-state index contributed by atoms with van der Waals surface area (Å²) in [5.74, 6) is 0.654. The monoisotopic (exact) mass is 486 g/mol. The SMILES string of the molecule is Cc1ccc2nc(NCCOCCO)c(/C=C3\SC(=S)N(Cc4ccco4)C3=O)c(=O)n2c1. The molecule has 1 aliphatic rings. The van der Waals surface area contributed by atoms with Gasteiger partial charge in [0.1, 0.15) is 21.5 Å². The van der Waals surface area contributed by atoms with Crippen molar-refractivity contribution in [3.05, 3.63) is 68.9 Å². The molecule has 1 fully saturated rings. The third-order valence-electron chi connectivity index (χ3n) is 4.82. The first-order chi connectivity index (χ1) is 16.0. The van der Waals surface area contributed by atoms with Gasteiger partial charge in [0, 0.05) is 12.7 Å². The van der Waals surface area contributed by atoms with Gasteiger partial charge in [-0.15, -0.1) is 0 Å². The van der Waals surface area contributed by atoms with E-state index in [9.17, 15) is 9.59 Å². The Morgan fingerprint density at radius 3 is 2.91 bits per heavy atom. The number of pyridine rings is 1. The molecule has 11 heteroatoms. The molecule has 1 aliphatic heterocycles. The molecule has 1 amide bonds. The second kappa shape index (κ2) is 10.3. The summed E-state index contributed by atoms with van der Waals surface area (Å²) in [6.07, 6.45) is 4.77. The Morgan fingerprint density at radius 1 is 1.30 bits per heavy atom. The number of fused-ring (bicyclic) bond motifs is 1. The van der Waals surface area contributed by atoms with Gasteiger partial charge in [-0.05, 0) is 36.8 Å². The van der Waals surface area contributed by atoms with Crippen molar-refractivity contribution >= 4 is 51.7 Å². The lowest BCUT2D eigenvalue weighted by Crippen LogP contribution is -2.27. The number of nitrogens with zero attached hydrogens (tertiary/aromatic N) is 3. The van der Waals surface area contributed by atoms with Crippen LogP contribution in [0.25, 0.3) is 11.7 Å². The Balaban J connectivity index is 1.68. The smallest absolute Gasteiger partial charge is 0.267 e. The van der Waals surface area contributed by atoms with Crippen molar-refractivity contribution in [1.29, 1.82) is 0 Å². The Hall–Kier alpha value is -2.99. The number of aliphatic hydroxyl groups is 1. The number of rotatable bonds is 9. The number of thiocarbonyl (C=S) groups is 1. The van der Waals surface area contributed by atoms with Crippen LogP contribution in [0.1, 0.15) is 16.9 Å². The predicted molar refractivity (Wildman–Crippen MR) is 130 cm³/mol. The fourth-order valence-electron chi connectivity index (χ4n) is 3.26. The average Bonchev–Trinajstić information content (AvgIpc) is 3.40. The third kappa shape index (κ3) is 5.17. The molecule has 3 aromatic rings. The second-order valence-corrected chi connectivity index (χ2v) is 8.90. The van der Waals surface area contributed by atoms with E-state index in [0.29, 0.717) is 39.6 Å². The van der Waals surface area contributed by atoms with Gasteiger partial charge in [-0.1, -0.05) is 30.0 Å². The fourth-order valence-corrected chi connectivity index (χ4v) is 4.49. The van der Waals surface area contributed by atoms with Crippen molar-refractivity contribution in [2.45, 2.75) is 13.5 Å². The number of thioether (sulfide) groups is 1. The third-order valence-corrected chi connectivity index (χ3v) is 6.20. The number of anilines is 1. The Kier molecular flexibility index (Phi) is 7.23. The number of furan rings is 1. The molecule has 4 rings (SSSR count). The van der Waals surface area contributed by atoms with E-state index >= 15 is 0 Å². The van der Waals surface area contributed by atoms with Gasteiger partial charge in [0.15, 0.2) is 0 Å². The molecule has 9 nitrogen and oxygen atoms in total. The molecule has 4 heterocycles. The first kappa shape index (κ1) is 23.2. The summed E-state index contributed by atoms with van der Waals surface area (Å²) >= 11 is 6.52. The summed E-state index contributed by atoms with van der Waals surface area (Å²) in [6.45, 7) is 2.95. The van der Waals surface area contributed by atoms with Crippen molar-refractivity contribution in [3.8, 4) is 0 Å². The molecule has 0 saturated carbocycles. The van der Waals surface area contributed by atoms with Gasteiger partial charge in [-0.25, -0.2) is 4.98 Å². The number of aryl methyl sites for hydroxylation is 1. The van der Waals surface area contributed by atoms with Crippen LogP contribution in [0.5, 0.6) is 0 Å². The number of amides is 1. The minimum Gasteiger partial charge on any atom is -0.467 e. The molecular formula is C22H22N4O5S2. The average molecular weight is 487 g/mol. The van der Waals surface area contributed by atoms with Gasteiger partial charge >= 0.3 is 0 Å². The van der Waals surface area contributed by atoms with E-state index in [0.717, 1.165) is 17.3 Å². The van der Waals surface area contributed by atoms with E-state index in [-0.39, 0.29) is 36.8 Å². The number of nitrogens with one attached hydrogen (secondary N) is 1. The van der Waals surface area contributed by atoms with Crippen LogP contribution in [0, 0.1) is 6.92 Å². The van der Waals surface area contributed by atoms with Crippen molar-refractivity contribution in [2.24, 2.45) is 0 Å². The molecule has 172 valence electrons. The molecule has 3 aromatic heterocycles. The van der Waals surface area contributed by atoms with E-state index in [1.807, 2.05) is 13.0 Å². The highest BCUT2D eigenvalue weighted by Gasteiger charge is 2.33. The van der Waals surface area contributed by atoms with Crippen LogP contribution in [-0.2, 0) is 16.1 Å². The Labute approximate surface area is 199 Å². The quantitative estimate of drug-likeness (QED) is 0.268. The normalized spacial score (nSPS) is 15.2. The van der Waals surface area contributed by atoms with Crippen LogP contribution in [0.3, 0.4) is 0 Å². The number of aromatic nitrogens is 2. The van der Waals surface area contributed by atoms with Gasteiger partial charge in [0.05, 0.1) is 43.1 Å². The Bertz CT molecular complexity index is 1270. The van der Waals surface area contributed by atoms with Crippen LogP contribution >= 0.6 is 24.0 Å².